The SMILES string of the molecule is Cc1ccc(N2CCCN(Cc3ccc(OC(F)(F)F)cc3)C2=O)c(NC(=O)Nc2ccccc2)c1. The lowest BCUT2D eigenvalue weighted by Crippen LogP contribution is -2.49. The van der Waals surface area contributed by atoms with Crippen LogP contribution in [0.3, 0.4) is 0 Å². The van der Waals surface area contributed by atoms with E-state index in [1.54, 1.807) is 34.1 Å². The second-order valence-corrected chi connectivity index (χ2v) is 8.37. The first-order valence-electron chi connectivity index (χ1n) is 11.3. The van der Waals surface area contributed by atoms with Crippen LogP contribution >= 0.6 is 0 Å². The number of alkyl halides is 3. The Morgan fingerprint density at radius 2 is 1.69 bits per heavy atom. The standard InChI is InChI=1S/C26H25F3N4O3/c1-18-8-13-23(22(16-18)31-24(34)30-20-6-3-2-4-7-20)33-15-5-14-32(25(33)35)17-19-9-11-21(12-10-19)36-26(27,28)29/h2-4,6-13,16H,5,14-15,17H2,1H3,(H2,30,31,34). The summed E-state index contributed by atoms with van der Waals surface area (Å²) in [5.74, 6) is -0.318. The highest BCUT2D eigenvalue weighted by atomic mass is 19.4. The fraction of sp³-hybridized carbons (Fsp3) is 0.231. The van der Waals surface area contributed by atoms with Crippen molar-refractivity contribution in [2.24, 2.45) is 0 Å². The van der Waals surface area contributed by atoms with E-state index in [9.17, 15) is 22.8 Å². The Morgan fingerprint density at radius 1 is 0.972 bits per heavy atom. The van der Waals surface area contributed by atoms with Gasteiger partial charge in [0, 0.05) is 25.3 Å². The zero-order valence-electron chi connectivity index (χ0n) is 19.5. The Hall–Kier alpha value is -4.21. The van der Waals surface area contributed by atoms with Gasteiger partial charge in [-0.1, -0.05) is 36.4 Å². The molecule has 188 valence electrons. The summed E-state index contributed by atoms with van der Waals surface area (Å²) in [6.07, 6.45) is -4.08. The number of carbonyl (C=O) groups excluding carboxylic acids is 2. The second kappa shape index (κ2) is 10.6. The maximum atomic E-state index is 13.3. The number of para-hydroxylation sites is 1. The van der Waals surface area contributed by atoms with Crippen molar-refractivity contribution in [1.82, 2.24) is 4.90 Å². The summed E-state index contributed by atoms with van der Waals surface area (Å²) in [4.78, 5) is 29.2. The van der Waals surface area contributed by atoms with Gasteiger partial charge in [-0.2, -0.15) is 0 Å². The molecular weight excluding hydrogens is 473 g/mol. The minimum absolute atomic E-state index is 0.227. The van der Waals surface area contributed by atoms with E-state index in [0.29, 0.717) is 42.1 Å². The van der Waals surface area contributed by atoms with E-state index < -0.39 is 12.4 Å². The van der Waals surface area contributed by atoms with E-state index in [4.69, 9.17) is 0 Å². The molecule has 0 aliphatic carbocycles. The van der Waals surface area contributed by atoms with Crippen molar-refractivity contribution in [1.29, 1.82) is 0 Å². The molecule has 0 aromatic heterocycles. The maximum absolute atomic E-state index is 13.3. The average molecular weight is 499 g/mol. The molecule has 4 amide bonds. The molecule has 0 saturated carbocycles. The van der Waals surface area contributed by atoms with Crippen molar-refractivity contribution in [3.8, 4) is 5.75 Å². The molecule has 36 heavy (non-hydrogen) atoms. The van der Waals surface area contributed by atoms with Crippen molar-refractivity contribution in [3.05, 3.63) is 83.9 Å². The van der Waals surface area contributed by atoms with Gasteiger partial charge in [-0.3, -0.25) is 4.90 Å². The summed E-state index contributed by atoms with van der Waals surface area (Å²) in [6, 6.07) is 19.2. The third kappa shape index (κ3) is 6.47. The fourth-order valence-corrected chi connectivity index (χ4v) is 3.96. The summed E-state index contributed by atoms with van der Waals surface area (Å²) in [5.41, 5.74) is 3.27. The van der Waals surface area contributed by atoms with E-state index in [2.05, 4.69) is 15.4 Å². The van der Waals surface area contributed by atoms with Crippen LogP contribution in [0, 0.1) is 6.92 Å². The molecule has 2 N–H and O–H groups in total. The number of rotatable bonds is 6. The molecule has 3 aromatic carbocycles. The normalized spacial score (nSPS) is 13.9. The third-order valence-electron chi connectivity index (χ3n) is 5.56. The highest BCUT2D eigenvalue weighted by Crippen LogP contribution is 2.31. The van der Waals surface area contributed by atoms with Gasteiger partial charge in [0.2, 0.25) is 0 Å². The number of nitrogens with zero attached hydrogens (tertiary/aromatic N) is 2. The van der Waals surface area contributed by atoms with Gasteiger partial charge in [0.1, 0.15) is 5.75 Å². The van der Waals surface area contributed by atoms with E-state index in [1.807, 2.05) is 31.2 Å². The Bertz CT molecular complexity index is 1220. The number of amides is 4. The molecule has 1 fully saturated rings. The lowest BCUT2D eigenvalue weighted by molar-refractivity contribution is -0.274. The second-order valence-electron chi connectivity index (χ2n) is 8.37. The van der Waals surface area contributed by atoms with Crippen LogP contribution in [0.5, 0.6) is 5.75 Å². The van der Waals surface area contributed by atoms with Gasteiger partial charge in [0.15, 0.2) is 0 Å². The number of carbonyl (C=O) groups is 2. The van der Waals surface area contributed by atoms with Crippen molar-refractivity contribution in [2.45, 2.75) is 26.3 Å². The molecule has 4 rings (SSSR count). The molecular formula is C26H25F3N4O3. The topological polar surface area (TPSA) is 73.9 Å². The Kier molecular flexibility index (Phi) is 7.33. The predicted octanol–water partition coefficient (Wildman–Crippen LogP) is 6.37. The van der Waals surface area contributed by atoms with Crippen molar-refractivity contribution >= 4 is 29.1 Å². The molecule has 10 heteroatoms. The van der Waals surface area contributed by atoms with E-state index >= 15 is 0 Å². The highest BCUT2D eigenvalue weighted by Gasteiger charge is 2.31. The number of hydrogen-bond acceptors (Lipinski definition) is 3. The lowest BCUT2D eigenvalue weighted by atomic mass is 10.1. The zero-order valence-corrected chi connectivity index (χ0v) is 19.5. The Labute approximate surface area is 206 Å². The quantitative estimate of drug-likeness (QED) is 0.415. The molecule has 1 aliphatic heterocycles. The lowest BCUT2D eigenvalue weighted by Gasteiger charge is -2.36. The number of benzene rings is 3. The summed E-state index contributed by atoms with van der Waals surface area (Å²) in [5, 5.41) is 5.61. The molecule has 0 radical (unpaired) electrons. The molecule has 0 atom stereocenters. The largest absolute Gasteiger partial charge is 0.573 e. The minimum atomic E-state index is -4.76. The summed E-state index contributed by atoms with van der Waals surface area (Å²) in [6.45, 7) is 3.08. The Morgan fingerprint density at radius 3 is 2.39 bits per heavy atom. The third-order valence-corrected chi connectivity index (χ3v) is 5.56. The van der Waals surface area contributed by atoms with Gasteiger partial charge < -0.3 is 20.3 Å². The number of anilines is 3. The summed E-state index contributed by atoms with van der Waals surface area (Å²) in [7, 11) is 0. The zero-order chi connectivity index (χ0) is 25.7. The number of halogens is 3. The summed E-state index contributed by atoms with van der Waals surface area (Å²) < 4.78 is 41.1. The first kappa shape index (κ1) is 24.9. The highest BCUT2D eigenvalue weighted by molar-refractivity contribution is 6.04. The molecule has 1 heterocycles. The monoisotopic (exact) mass is 498 g/mol. The van der Waals surface area contributed by atoms with Crippen LogP contribution in [-0.2, 0) is 6.54 Å². The van der Waals surface area contributed by atoms with Gasteiger partial charge >= 0.3 is 18.4 Å². The fourth-order valence-electron chi connectivity index (χ4n) is 3.96. The van der Waals surface area contributed by atoms with Gasteiger partial charge in [-0.15, -0.1) is 13.2 Å². The van der Waals surface area contributed by atoms with E-state index in [0.717, 1.165) is 5.56 Å². The Balaban J connectivity index is 1.47. The van der Waals surface area contributed by atoms with Crippen LogP contribution in [0.15, 0.2) is 72.8 Å². The number of hydrogen-bond donors (Lipinski definition) is 2. The molecule has 1 aliphatic rings. The number of urea groups is 2. The van der Waals surface area contributed by atoms with E-state index in [-0.39, 0.29) is 18.3 Å². The minimum Gasteiger partial charge on any atom is -0.406 e. The molecule has 1 saturated heterocycles. The van der Waals surface area contributed by atoms with Gasteiger partial charge in [-0.25, -0.2) is 9.59 Å². The van der Waals surface area contributed by atoms with Gasteiger partial charge in [-0.05, 0) is 60.9 Å². The number of nitrogens with one attached hydrogen (secondary N) is 2. The number of aryl methyl sites for hydroxylation is 1. The first-order chi connectivity index (χ1) is 17.2. The first-order valence-corrected chi connectivity index (χ1v) is 11.3. The van der Waals surface area contributed by atoms with Crippen LogP contribution in [-0.4, -0.2) is 36.4 Å². The van der Waals surface area contributed by atoms with Crippen LogP contribution < -0.4 is 20.3 Å². The summed E-state index contributed by atoms with van der Waals surface area (Å²) >= 11 is 0. The molecule has 7 nitrogen and oxygen atoms in total. The van der Waals surface area contributed by atoms with Gasteiger partial charge in [0.05, 0.1) is 11.4 Å². The molecule has 0 bridgehead atoms. The number of ether oxygens (including phenoxy) is 1. The average Bonchev–Trinajstić information content (AvgIpc) is 2.82. The van der Waals surface area contributed by atoms with Crippen LogP contribution in [0.1, 0.15) is 17.5 Å². The smallest absolute Gasteiger partial charge is 0.406 e. The molecule has 3 aromatic rings. The molecule has 0 spiro atoms. The van der Waals surface area contributed by atoms with Crippen LogP contribution in [0.4, 0.5) is 39.8 Å². The van der Waals surface area contributed by atoms with E-state index in [1.165, 1.54) is 24.3 Å². The predicted molar refractivity (Wildman–Crippen MR) is 131 cm³/mol. The van der Waals surface area contributed by atoms with Crippen molar-refractivity contribution in [3.63, 3.8) is 0 Å². The van der Waals surface area contributed by atoms with Gasteiger partial charge in [0.25, 0.3) is 0 Å². The molecule has 0 unspecified atom stereocenters. The van der Waals surface area contributed by atoms with Crippen molar-refractivity contribution in [2.75, 3.05) is 28.6 Å². The maximum Gasteiger partial charge on any atom is 0.573 e. The van der Waals surface area contributed by atoms with Crippen LogP contribution in [0.25, 0.3) is 0 Å². The van der Waals surface area contributed by atoms with Crippen molar-refractivity contribution < 1.29 is 27.5 Å². The van der Waals surface area contributed by atoms with Crippen LogP contribution in [0.2, 0.25) is 0 Å².